The van der Waals surface area contributed by atoms with Crippen molar-refractivity contribution in [2.24, 2.45) is 22.7 Å². The summed E-state index contributed by atoms with van der Waals surface area (Å²) in [7, 11) is 0. The molecule has 5 nitrogen and oxygen atoms in total. The SMILES string of the molecule is CCOc1ccccc1N1C(=O)[C@@H]2[C@H](C1=O)[C@]1(CC)C(=O)[C@@]2(CC)C(c2ccccc2)=C1c1ccccc1. The van der Waals surface area contributed by atoms with Crippen molar-refractivity contribution in [2.75, 3.05) is 11.5 Å². The number of fused-ring (bicyclic) bond motifs is 5. The molecule has 4 atom stereocenters. The molecule has 1 heterocycles. The van der Waals surface area contributed by atoms with Gasteiger partial charge in [-0.2, -0.15) is 0 Å². The molecule has 0 radical (unpaired) electrons. The molecule has 1 saturated heterocycles. The molecule has 2 bridgehead atoms. The second kappa shape index (κ2) is 8.80. The summed E-state index contributed by atoms with van der Waals surface area (Å²) in [6, 6.07) is 27.0. The third kappa shape index (κ3) is 2.85. The predicted octanol–water partition coefficient (Wildman–Crippen LogP) is 6.19. The standard InChI is InChI=1S/C33H31NO4/c1-4-32-25(21-15-9-7-10-16-21)26(22-17-11-8-12-18-22)33(5-2,31(32)37)28-27(32)29(35)34(30(28)36)23-19-13-14-20-24(23)38-6-3/h7-20,27-28H,4-6H2,1-3H3/t27-,28+,32-,33+. The van der Waals surface area contributed by atoms with Crippen molar-refractivity contribution in [3.8, 4) is 5.75 Å². The van der Waals surface area contributed by atoms with E-state index >= 15 is 0 Å². The van der Waals surface area contributed by atoms with Crippen LogP contribution in [-0.2, 0) is 14.4 Å². The zero-order valence-corrected chi connectivity index (χ0v) is 21.9. The van der Waals surface area contributed by atoms with Crippen LogP contribution in [-0.4, -0.2) is 24.2 Å². The Morgan fingerprint density at radius 3 is 1.55 bits per heavy atom. The lowest BCUT2D eigenvalue weighted by atomic mass is 9.60. The Morgan fingerprint density at radius 2 is 1.11 bits per heavy atom. The summed E-state index contributed by atoms with van der Waals surface area (Å²) in [6.45, 7) is 6.24. The molecule has 0 N–H and O–H groups in total. The summed E-state index contributed by atoms with van der Waals surface area (Å²) in [6.07, 6.45) is 0.880. The summed E-state index contributed by atoms with van der Waals surface area (Å²) in [5.41, 5.74) is 1.95. The second-order valence-electron chi connectivity index (χ2n) is 10.3. The summed E-state index contributed by atoms with van der Waals surface area (Å²) in [5, 5.41) is 0. The number of para-hydroxylation sites is 2. The van der Waals surface area contributed by atoms with Crippen LogP contribution in [0.1, 0.15) is 44.7 Å². The molecule has 1 saturated carbocycles. The maximum Gasteiger partial charge on any atom is 0.239 e. The van der Waals surface area contributed by atoms with Crippen molar-refractivity contribution in [3.05, 3.63) is 96.1 Å². The molecule has 192 valence electrons. The fourth-order valence-corrected chi connectivity index (χ4v) is 7.61. The molecule has 6 rings (SSSR count). The Kier molecular flexibility index (Phi) is 5.64. The van der Waals surface area contributed by atoms with Gasteiger partial charge in [0.05, 0.1) is 35.0 Å². The molecule has 3 aromatic rings. The van der Waals surface area contributed by atoms with Crippen LogP contribution in [0.25, 0.3) is 11.1 Å². The van der Waals surface area contributed by atoms with E-state index < -0.39 is 22.7 Å². The van der Waals surface area contributed by atoms with E-state index in [0.717, 1.165) is 22.3 Å². The van der Waals surface area contributed by atoms with Crippen LogP contribution in [0.15, 0.2) is 84.9 Å². The number of hydrogen-bond acceptors (Lipinski definition) is 4. The first-order valence-electron chi connectivity index (χ1n) is 13.5. The molecule has 2 fully saturated rings. The lowest BCUT2D eigenvalue weighted by Gasteiger charge is -2.38. The zero-order valence-electron chi connectivity index (χ0n) is 21.9. The van der Waals surface area contributed by atoms with Crippen LogP contribution in [0.3, 0.4) is 0 Å². The summed E-state index contributed by atoms with van der Waals surface area (Å²) in [5.74, 6) is -1.63. The number of hydrogen-bond donors (Lipinski definition) is 0. The molecular weight excluding hydrogens is 474 g/mol. The molecular formula is C33H31NO4. The van der Waals surface area contributed by atoms with Crippen LogP contribution in [0.4, 0.5) is 5.69 Å². The van der Waals surface area contributed by atoms with Gasteiger partial charge in [-0.3, -0.25) is 14.4 Å². The highest BCUT2D eigenvalue weighted by molar-refractivity contribution is 6.35. The van der Waals surface area contributed by atoms with E-state index in [-0.39, 0.29) is 17.6 Å². The van der Waals surface area contributed by atoms with E-state index in [0.29, 0.717) is 30.9 Å². The first-order valence-corrected chi connectivity index (χ1v) is 13.5. The number of carbonyl (C=O) groups excluding carboxylic acids is 3. The minimum Gasteiger partial charge on any atom is -0.492 e. The van der Waals surface area contributed by atoms with E-state index in [9.17, 15) is 14.4 Å². The highest BCUT2D eigenvalue weighted by Crippen LogP contribution is 2.75. The van der Waals surface area contributed by atoms with Gasteiger partial charge in [0.1, 0.15) is 5.75 Å². The van der Waals surface area contributed by atoms with Gasteiger partial charge in [0.2, 0.25) is 11.8 Å². The lowest BCUT2D eigenvalue weighted by molar-refractivity contribution is -0.134. The number of anilines is 1. The Hall–Kier alpha value is -3.99. The number of ketones is 1. The maximum atomic E-state index is 14.8. The van der Waals surface area contributed by atoms with Gasteiger partial charge in [-0.1, -0.05) is 86.6 Å². The normalized spacial score (nSPS) is 27.9. The first-order chi connectivity index (χ1) is 18.5. The van der Waals surface area contributed by atoms with Crippen molar-refractivity contribution in [2.45, 2.75) is 33.6 Å². The maximum absolute atomic E-state index is 14.8. The van der Waals surface area contributed by atoms with Crippen LogP contribution in [0.2, 0.25) is 0 Å². The number of allylic oxidation sites excluding steroid dienone is 2. The Bertz CT molecular complexity index is 1390. The van der Waals surface area contributed by atoms with Crippen molar-refractivity contribution >= 4 is 34.4 Å². The molecule has 2 amide bonds. The van der Waals surface area contributed by atoms with Crippen molar-refractivity contribution < 1.29 is 19.1 Å². The minimum atomic E-state index is -1.09. The highest BCUT2D eigenvalue weighted by atomic mass is 16.5. The average molecular weight is 506 g/mol. The molecule has 3 aliphatic rings. The number of nitrogens with zero attached hydrogens (tertiary/aromatic N) is 1. The third-order valence-electron chi connectivity index (χ3n) is 8.97. The number of carbonyl (C=O) groups is 3. The number of benzene rings is 3. The van der Waals surface area contributed by atoms with E-state index in [4.69, 9.17) is 4.74 Å². The number of rotatable bonds is 7. The van der Waals surface area contributed by atoms with Gasteiger partial charge < -0.3 is 4.74 Å². The van der Waals surface area contributed by atoms with Crippen LogP contribution in [0, 0.1) is 22.7 Å². The van der Waals surface area contributed by atoms with Gasteiger partial charge in [-0.05, 0) is 54.2 Å². The number of imide groups is 1. The van der Waals surface area contributed by atoms with Gasteiger partial charge in [-0.25, -0.2) is 4.90 Å². The molecule has 2 aliphatic carbocycles. The number of Topliss-reactive ketones (excluding diaryl/α,β-unsaturated/α-hetero) is 1. The van der Waals surface area contributed by atoms with Crippen LogP contribution in [0.5, 0.6) is 5.75 Å². The molecule has 0 aromatic heterocycles. The topological polar surface area (TPSA) is 63.7 Å². The average Bonchev–Trinajstić information content (AvgIpc) is 3.45. The molecule has 38 heavy (non-hydrogen) atoms. The Morgan fingerprint density at radius 1 is 0.658 bits per heavy atom. The minimum absolute atomic E-state index is 0.0159. The molecule has 0 spiro atoms. The summed E-state index contributed by atoms with van der Waals surface area (Å²) < 4.78 is 5.82. The summed E-state index contributed by atoms with van der Waals surface area (Å²) >= 11 is 0. The van der Waals surface area contributed by atoms with E-state index in [1.165, 1.54) is 4.90 Å². The predicted molar refractivity (Wildman–Crippen MR) is 147 cm³/mol. The van der Waals surface area contributed by atoms with Gasteiger partial charge in [0, 0.05) is 0 Å². The monoisotopic (exact) mass is 505 g/mol. The third-order valence-corrected chi connectivity index (χ3v) is 8.97. The van der Waals surface area contributed by atoms with E-state index in [1.54, 1.807) is 18.2 Å². The first kappa shape index (κ1) is 24.4. The highest BCUT2D eigenvalue weighted by Gasteiger charge is 2.80. The van der Waals surface area contributed by atoms with Crippen molar-refractivity contribution in [1.82, 2.24) is 0 Å². The lowest BCUT2D eigenvalue weighted by Crippen LogP contribution is -2.42. The van der Waals surface area contributed by atoms with E-state index in [1.807, 2.05) is 87.5 Å². The zero-order chi connectivity index (χ0) is 26.7. The van der Waals surface area contributed by atoms with Gasteiger partial charge in [0.15, 0.2) is 5.78 Å². The molecule has 0 unspecified atom stereocenters. The van der Waals surface area contributed by atoms with Crippen LogP contribution < -0.4 is 9.64 Å². The van der Waals surface area contributed by atoms with Gasteiger partial charge in [0.25, 0.3) is 0 Å². The largest absolute Gasteiger partial charge is 0.492 e. The van der Waals surface area contributed by atoms with Crippen LogP contribution >= 0.6 is 0 Å². The molecule has 5 heteroatoms. The van der Waals surface area contributed by atoms with Crippen molar-refractivity contribution in [1.29, 1.82) is 0 Å². The number of amides is 2. The van der Waals surface area contributed by atoms with E-state index in [2.05, 4.69) is 0 Å². The Balaban J connectivity index is 1.65. The number of ether oxygens (including phenoxy) is 1. The fourth-order valence-electron chi connectivity index (χ4n) is 7.61. The summed E-state index contributed by atoms with van der Waals surface area (Å²) in [4.78, 5) is 44.9. The smallest absolute Gasteiger partial charge is 0.239 e. The van der Waals surface area contributed by atoms with Crippen molar-refractivity contribution in [3.63, 3.8) is 0 Å². The quantitative estimate of drug-likeness (QED) is 0.359. The molecule has 1 aliphatic heterocycles. The van der Waals surface area contributed by atoms with Gasteiger partial charge in [-0.15, -0.1) is 0 Å². The fraction of sp³-hybridized carbons (Fsp3) is 0.303. The molecule has 3 aromatic carbocycles. The van der Waals surface area contributed by atoms with Gasteiger partial charge >= 0.3 is 0 Å². The Labute approximate surface area is 223 Å². The second-order valence-corrected chi connectivity index (χ2v) is 10.3.